The minimum absolute atomic E-state index is 0.0575. The van der Waals surface area contributed by atoms with Gasteiger partial charge in [0.25, 0.3) is 0 Å². The molecule has 0 aliphatic heterocycles. The van der Waals surface area contributed by atoms with Crippen LogP contribution in [0.3, 0.4) is 0 Å². The van der Waals surface area contributed by atoms with E-state index in [0.717, 1.165) is 30.4 Å². The van der Waals surface area contributed by atoms with Crippen LogP contribution in [-0.4, -0.2) is 21.1 Å². The van der Waals surface area contributed by atoms with E-state index in [4.69, 9.17) is 0 Å². The number of sulfone groups is 1. The minimum atomic E-state index is -3.19. The highest BCUT2D eigenvalue weighted by atomic mass is 32.2. The first-order valence-corrected chi connectivity index (χ1v) is 7.44. The van der Waals surface area contributed by atoms with Gasteiger partial charge in [-0.25, -0.2) is 8.42 Å². The van der Waals surface area contributed by atoms with E-state index in [2.05, 4.69) is 5.32 Å². The third-order valence-electron chi connectivity index (χ3n) is 3.13. The maximum atomic E-state index is 11.5. The van der Waals surface area contributed by atoms with E-state index >= 15 is 0 Å². The summed E-state index contributed by atoms with van der Waals surface area (Å²) in [6.45, 7) is 0. The molecule has 0 radical (unpaired) electrons. The van der Waals surface area contributed by atoms with Crippen molar-refractivity contribution in [1.29, 1.82) is 0 Å². The van der Waals surface area contributed by atoms with E-state index in [-0.39, 0.29) is 6.04 Å². The van der Waals surface area contributed by atoms with Crippen molar-refractivity contribution >= 4 is 16.2 Å². The summed E-state index contributed by atoms with van der Waals surface area (Å²) in [7, 11) is -3.19. The maximum absolute atomic E-state index is 11.5. The molecule has 0 aromatic heterocycles. The molecule has 0 fully saturated rings. The van der Waals surface area contributed by atoms with Gasteiger partial charge in [0.2, 0.25) is 6.41 Å². The highest BCUT2D eigenvalue weighted by Gasteiger charge is 2.21. The van der Waals surface area contributed by atoms with Gasteiger partial charge in [-0.3, -0.25) is 4.79 Å². The molecule has 17 heavy (non-hydrogen) atoms. The SMILES string of the molecule is CS(=O)(=O)c1ccc2c(c1)C(NC=O)CCC2. The van der Waals surface area contributed by atoms with Crippen LogP contribution in [0.4, 0.5) is 0 Å². The Morgan fingerprint density at radius 3 is 2.82 bits per heavy atom. The highest BCUT2D eigenvalue weighted by Crippen LogP contribution is 2.31. The first-order chi connectivity index (χ1) is 8.02. The van der Waals surface area contributed by atoms with Crippen LogP contribution in [0.2, 0.25) is 0 Å². The number of aryl methyl sites for hydroxylation is 1. The maximum Gasteiger partial charge on any atom is 0.207 e. The monoisotopic (exact) mass is 253 g/mol. The zero-order chi connectivity index (χ0) is 12.5. The lowest BCUT2D eigenvalue weighted by atomic mass is 9.88. The van der Waals surface area contributed by atoms with E-state index < -0.39 is 9.84 Å². The lowest BCUT2D eigenvalue weighted by molar-refractivity contribution is -0.110. The molecule has 0 saturated heterocycles. The van der Waals surface area contributed by atoms with Crippen LogP contribution in [0.1, 0.15) is 30.0 Å². The molecule has 1 aromatic rings. The first-order valence-electron chi connectivity index (χ1n) is 5.55. The fraction of sp³-hybridized carbons (Fsp3) is 0.417. The summed E-state index contributed by atoms with van der Waals surface area (Å²) < 4.78 is 23.0. The number of carbonyl (C=O) groups excluding carboxylic acids is 1. The zero-order valence-electron chi connectivity index (χ0n) is 9.64. The summed E-state index contributed by atoms with van der Waals surface area (Å²) in [5, 5.41) is 2.74. The molecule has 0 spiro atoms. The summed E-state index contributed by atoms with van der Waals surface area (Å²) in [6.07, 6.45) is 4.68. The molecule has 1 unspecified atom stereocenters. The molecular weight excluding hydrogens is 238 g/mol. The van der Waals surface area contributed by atoms with Crippen molar-refractivity contribution in [2.45, 2.75) is 30.2 Å². The number of fused-ring (bicyclic) bond motifs is 1. The largest absolute Gasteiger partial charge is 0.352 e. The predicted molar refractivity (Wildman–Crippen MR) is 64.4 cm³/mol. The van der Waals surface area contributed by atoms with E-state index in [1.165, 1.54) is 6.26 Å². The number of hydrogen-bond acceptors (Lipinski definition) is 3. The van der Waals surface area contributed by atoms with Crippen LogP contribution >= 0.6 is 0 Å². The van der Waals surface area contributed by atoms with Gasteiger partial charge in [-0.1, -0.05) is 6.07 Å². The average molecular weight is 253 g/mol. The number of carbonyl (C=O) groups is 1. The number of benzene rings is 1. The molecule has 4 nitrogen and oxygen atoms in total. The summed E-state index contributed by atoms with van der Waals surface area (Å²) in [6, 6.07) is 5.12. The molecule has 1 amide bonds. The molecule has 0 bridgehead atoms. The van der Waals surface area contributed by atoms with Crippen molar-refractivity contribution in [3.63, 3.8) is 0 Å². The van der Waals surface area contributed by atoms with Crippen molar-refractivity contribution in [2.24, 2.45) is 0 Å². The quantitative estimate of drug-likeness (QED) is 0.824. The van der Waals surface area contributed by atoms with Gasteiger partial charge in [-0.05, 0) is 42.5 Å². The Kier molecular flexibility index (Phi) is 3.19. The van der Waals surface area contributed by atoms with Crippen molar-refractivity contribution in [1.82, 2.24) is 5.32 Å². The minimum Gasteiger partial charge on any atom is -0.352 e. The molecule has 2 rings (SSSR count). The third-order valence-corrected chi connectivity index (χ3v) is 4.24. The Morgan fingerprint density at radius 1 is 1.41 bits per heavy atom. The number of hydrogen-bond donors (Lipinski definition) is 1. The Labute approximate surface area is 101 Å². The molecule has 1 aliphatic rings. The second-order valence-corrected chi connectivity index (χ2v) is 6.38. The van der Waals surface area contributed by atoms with Gasteiger partial charge in [0.05, 0.1) is 10.9 Å². The molecule has 1 N–H and O–H groups in total. The normalized spacial score (nSPS) is 19.5. The van der Waals surface area contributed by atoms with Gasteiger partial charge in [0.15, 0.2) is 9.84 Å². The zero-order valence-corrected chi connectivity index (χ0v) is 10.5. The Morgan fingerprint density at radius 2 is 2.18 bits per heavy atom. The second-order valence-electron chi connectivity index (χ2n) is 4.36. The van der Waals surface area contributed by atoms with Crippen LogP contribution in [0.15, 0.2) is 23.1 Å². The molecule has 5 heteroatoms. The smallest absolute Gasteiger partial charge is 0.207 e. The summed E-state index contributed by atoms with van der Waals surface area (Å²) in [5.41, 5.74) is 2.06. The van der Waals surface area contributed by atoms with E-state index in [1.807, 2.05) is 6.07 Å². The van der Waals surface area contributed by atoms with Gasteiger partial charge in [0.1, 0.15) is 0 Å². The van der Waals surface area contributed by atoms with Crippen LogP contribution in [-0.2, 0) is 21.1 Å². The van der Waals surface area contributed by atoms with Crippen LogP contribution in [0.5, 0.6) is 0 Å². The van der Waals surface area contributed by atoms with Crippen molar-refractivity contribution in [3.05, 3.63) is 29.3 Å². The fourth-order valence-corrected chi connectivity index (χ4v) is 2.92. The average Bonchev–Trinajstić information content (AvgIpc) is 2.28. The lowest BCUT2D eigenvalue weighted by Crippen LogP contribution is -2.24. The fourth-order valence-electron chi connectivity index (χ4n) is 2.26. The van der Waals surface area contributed by atoms with Crippen molar-refractivity contribution < 1.29 is 13.2 Å². The van der Waals surface area contributed by atoms with Crippen LogP contribution in [0.25, 0.3) is 0 Å². The Balaban J connectivity index is 2.47. The van der Waals surface area contributed by atoms with Gasteiger partial charge in [-0.15, -0.1) is 0 Å². The van der Waals surface area contributed by atoms with Gasteiger partial charge in [0, 0.05) is 6.26 Å². The topological polar surface area (TPSA) is 63.2 Å². The number of rotatable bonds is 3. The standard InChI is InChI=1S/C12H15NO3S/c1-17(15,16)10-6-5-9-3-2-4-12(13-8-14)11(9)7-10/h5-8,12H,2-4H2,1H3,(H,13,14). The van der Waals surface area contributed by atoms with Gasteiger partial charge in [-0.2, -0.15) is 0 Å². The third kappa shape index (κ3) is 2.49. The van der Waals surface area contributed by atoms with Gasteiger partial charge < -0.3 is 5.32 Å². The highest BCUT2D eigenvalue weighted by molar-refractivity contribution is 7.90. The lowest BCUT2D eigenvalue weighted by Gasteiger charge is -2.25. The first kappa shape index (κ1) is 12.1. The molecular formula is C12H15NO3S. The van der Waals surface area contributed by atoms with Crippen LogP contribution in [0, 0.1) is 0 Å². The van der Waals surface area contributed by atoms with Crippen molar-refractivity contribution in [2.75, 3.05) is 6.26 Å². The molecule has 1 aliphatic carbocycles. The number of amides is 1. The summed E-state index contributed by atoms with van der Waals surface area (Å²) in [5.74, 6) is 0. The molecule has 1 atom stereocenters. The van der Waals surface area contributed by atoms with E-state index in [9.17, 15) is 13.2 Å². The Bertz CT molecular complexity index is 537. The molecule has 92 valence electrons. The van der Waals surface area contributed by atoms with E-state index in [0.29, 0.717) is 11.3 Å². The molecule has 1 aromatic carbocycles. The summed E-state index contributed by atoms with van der Waals surface area (Å²) in [4.78, 5) is 10.9. The molecule has 0 heterocycles. The Hall–Kier alpha value is -1.36. The van der Waals surface area contributed by atoms with E-state index in [1.54, 1.807) is 12.1 Å². The molecule has 0 saturated carbocycles. The second kappa shape index (κ2) is 4.49. The number of nitrogens with one attached hydrogen (secondary N) is 1. The predicted octanol–water partition coefficient (Wildman–Crippen LogP) is 1.21. The van der Waals surface area contributed by atoms with Gasteiger partial charge >= 0.3 is 0 Å². The van der Waals surface area contributed by atoms with Crippen molar-refractivity contribution in [3.8, 4) is 0 Å². The van der Waals surface area contributed by atoms with Crippen LogP contribution < -0.4 is 5.32 Å². The summed E-state index contributed by atoms with van der Waals surface area (Å²) >= 11 is 0.